The van der Waals surface area contributed by atoms with Crippen molar-refractivity contribution in [3.05, 3.63) is 28.6 Å². The summed E-state index contributed by atoms with van der Waals surface area (Å²) in [7, 11) is 0. The van der Waals surface area contributed by atoms with Gasteiger partial charge in [-0.25, -0.2) is 9.53 Å². The number of nitrogens with two attached hydrogens (primary N) is 1. The molecular formula is C9H10N2O2. The Morgan fingerprint density at radius 3 is 3.00 bits per heavy atom. The van der Waals surface area contributed by atoms with Crippen LogP contribution in [0.4, 0.5) is 5.69 Å². The molecule has 0 atom stereocenters. The molecule has 2 rings (SSSR count). The van der Waals surface area contributed by atoms with Crippen molar-refractivity contribution in [3.8, 4) is 0 Å². The number of aromatic nitrogens is 1. The first kappa shape index (κ1) is 7.91. The van der Waals surface area contributed by atoms with Gasteiger partial charge in [0.15, 0.2) is 0 Å². The predicted octanol–water partition coefficient (Wildman–Crippen LogP) is 1.20. The molecule has 0 aliphatic heterocycles. The third kappa shape index (κ3) is 1.11. The second-order valence-electron chi connectivity index (χ2n) is 2.85. The van der Waals surface area contributed by atoms with E-state index in [1.807, 2.05) is 6.92 Å². The molecule has 0 fully saturated rings. The summed E-state index contributed by atoms with van der Waals surface area (Å²) >= 11 is 0. The molecule has 0 saturated carbocycles. The Hall–Kier alpha value is -1.71. The molecule has 13 heavy (non-hydrogen) atoms. The van der Waals surface area contributed by atoms with Crippen molar-refractivity contribution < 1.29 is 4.52 Å². The minimum Gasteiger partial charge on any atom is -0.399 e. The van der Waals surface area contributed by atoms with E-state index in [4.69, 9.17) is 10.3 Å². The van der Waals surface area contributed by atoms with Crippen LogP contribution in [-0.4, -0.2) is 4.74 Å². The summed E-state index contributed by atoms with van der Waals surface area (Å²) < 4.78 is 6.51. The minimum atomic E-state index is -0.308. The van der Waals surface area contributed by atoms with Gasteiger partial charge in [-0.05, 0) is 25.1 Å². The van der Waals surface area contributed by atoms with Crippen LogP contribution in [-0.2, 0) is 6.54 Å². The first-order valence-corrected chi connectivity index (χ1v) is 4.11. The van der Waals surface area contributed by atoms with Gasteiger partial charge in [-0.15, -0.1) is 0 Å². The van der Waals surface area contributed by atoms with Crippen LogP contribution in [0.1, 0.15) is 6.92 Å². The summed E-state index contributed by atoms with van der Waals surface area (Å²) in [4.78, 5) is 11.2. The molecule has 0 bridgehead atoms. The molecule has 4 heteroatoms. The predicted molar refractivity (Wildman–Crippen MR) is 50.6 cm³/mol. The van der Waals surface area contributed by atoms with Crippen LogP contribution in [0, 0.1) is 0 Å². The van der Waals surface area contributed by atoms with Gasteiger partial charge >= 0.3 is 5.63 Å². The molecule has 1 heterocycles. The van der Waals surface area contributed by atoms with Crippen molar-refractivity contribution in [2.24, 2.45) is 0 Å². The molecule has 0 saturated heterocycles. The number of nitrogen functional groups attached to an aromatic ring is 1. The number of hydrogen-bond acceptors (Lipinski definition) is 3. The molecule has 1 aromatic carbocycles. The van der Waals surface area contributed by atoms with Gasteiger partial charge in [-0.3, -0.25) is 0 Å². The summed E-state index contributed by atoms with van der Waals surface area (Å²) in [5.41, 5.74) is 6.68. The van der Waals surface area contributed by atoms with Crippen LogP contribution in [0.3, 0.4) is 0 Å². The number of nitrogens with zero attached hydrogens (tertiary/aromatic N) is 1. The highest BCUT2D eigenvalue weighted by molar-refractivity contribution is 5.80. The number of aryl methyl sites for hydroxylation is 1. The maximum absolute atomic E-state index is 11.2. The molecule has 68 valence electrons. The summed E-state index contributed by atoms with van der Waals surface area (Å²) in [6.07, 6.45) is 0. The zero-order valence-corrected chi connectivity index (χ0v) is 7.28. The Kier molecular flexibility index (Phi) is 1.62. The Bertz CT molecular complexity index is 496. The average Bonchev–Trinajstić information content (AvgIpc) is 2.42. The standard InChI is InChI=1S/C9H10N2O2/c1-2-11-8-5-6(10)3-4-7(8)9(12)13-11/h3-5H,2,10H2,1H3. The van der Waals surface area contributed by atoms with Crippen molar-refractivity contribution in [1.29, 1.82) is 0 Å². The van der Waals surface area contributed by atoms with E-state index in [2.05, 4.69) is 0 Å². The number of fused-ring (bicyclic) bond motifs is 1. The van der Waals surface area contributed by atoms with Gasteiger partial charge in [0, 0.05) is 5.69 Å². The summed E-state index contributed by atoms with van der Waals surface area (Å²) in [6, 6.07) is 5.12. The van der Waals surface area contributed by atoms with Crippen molar-refractivity contribution in [2.75, 3.05) is 5.73 Å². The molecule has 4 nitrogen and oxygen atoms in total. The molecule has 0 spiro atoms. The highest BCUT2D eigenvalue weighted by Gasteiger charge is 2.06. The van der Waals surface area contributed by atoms with Gasteiger partial charge < -0.3 is 10.3 Å². The monoisotopic (exact) mass is 178 g/mol. The lowest BCUT2D eigenvalue weighted by Crippen LogP contribution is -1.93. The van der Waals surface area contributed by atoms with Gasteiger partial charge in [0.2, 0.25) is 0 Å². The molecule has 0 aliphatic carbocycles. The van der Waals surface area contributed by atoms with Gasteiger partial charge in [0.25, 0.3) is 0 Å². The first-order chi connectivity index (χ1) is 6.22. The summed E-state index contributed by atoms with van der Waals surface area (Å²) in [6.45, 7) is 2.54. The lowest BCUT2D eigenvalue weighted by atomic mass is 10.2. The molecule has 1 aromatic heterocycles. The van der Waals surface area contributed by atoms with E-state index < -0.39 is 0 Å². The number of rotatable bonds is 1. The minimum absolute atomic E-state index is 0.308. The second-order valence-corrected chi connectivity index (χ2v) is 2.85. The average molecular weight is 178 g/mol. The fourth-order valence-corrected chi connectivity index (χ4v) is 1.36. The van der Waals surface area contributed by atoms with Crippen LogP contribution >= 0.6 is 0 Å². The van der Waals surface area contributed by atoms with Crippen LogP contribution < -0.4 is 11.4 Å². The van der Waals surface area contributed by atoms with E-state index in [-0.39, 0.29) is 5.63 Å². The molecular weight excluding hydrogens is 168 g/mol. The van der Waals surface area contributed by atoms with Crippen molar-refractivity contribution >= 4 is 16.6 Å². The van der Waals surface area contributed by atoms with Crippen molar-refractivity contribution in [3.63, 3.8) is 0 Å². The third-order valence-electron chi connectivity index (χ3n) is 1.99. The molecule has 0 radical (unpaired) electrons. The smallest absolute Gasteiger partial charge is 0.365 e. The fraction of sp³-hybridized carbons (Fsp3) is 0.222. The van der Waals surface area contributed by atoms with Crippen molar-refractivity contribution in [2.45, 2.75) is 13.5 Å². The van der Waals surface area contributed by atoms with Gasteiger partial charge in [0.1, 0.15) is 0 Å². The normalized spacial score (nSPS) is 10.8. The molecule has 2 N–H and O–H groups in total. The zero-order valence-electron chi connectivity index (χ0n) is 7.28. The van der Waals surface area contributed by atoms with Crippen LogP contribution in [0.25, 0.3) is 10.9 Å². The number of anilines is 1. The maximum Gasteiger partial charge on any atom is 0.365 e. The number of benzene rings is 1. The largest absolute Gasteiger partial charge is 0.399 e. The van der Waals surface area contributed by atoms with Gasteiger partial charge in [-0.1, -0.05) is 0 Å². The van der Waals surface area contributed by atoms with Crippen LogP contribution in [0.5, 0.6) is 0 Å². The highest BCUT2D eigenvalue weighted by Crippen LogP contribution is 2.14. The summed E-state index contributed by atoms with van der Waals surface area (Å²) in [5.74, 6) is 0. The highest BCUT2D eigenvalue weighted by atomic mass is 16.5. The first-order valence-electron chi connectivity index (χ1n) is 4.11. The molecule has 0 unspecified atom stereocenters. The van der Waals surface area contributed by atoms with E-state index in [0.29, 0.717) is 17.6 Å². The third-order valence-corrected chi connectivity index (χ3v) is 1.99. The SMILES string of the molecule is CCn1oc(=O)c2ccc(N)cc21. The quantitative estimate of drug-likeness (QED) is 0.667. The van der Waals surface area contributed by atoms with Gasteiger partial charge in [0.05, 0.1) is 17.4 Å². The van der Waals surface area contributed by atoms with Crippen molar-refractivity contribution in [1.82, 2.24) is 4.74 Å². The lowest BCUT2D eigenvalue weighted by molar-refractivity contribution is 0.270. The zero-order chi connectivity index (χ0) is 9.42. The Labute approximate surface area is 74.5 Å². The van der Waals surface area contributed by atoms with Crippen LogP contribution in [0.2, 0.25) is 0 Å². The van der Waals surface area contributed by atoms with E-state index in [1.54, 1.807) is 18.2 Å². The Morgan fingerprint density at radius 2 is 2.31 bits per heavy atom. The molecule has 0 aliphatic rings. The lowest BCUT2D eigenvalue weighted by Gasteiger charge is -1.96. The summed E-state index contributed by atoms with van der Waals surface area (Å²) in [5, 5.41) is 0.580. The second kappa shape index (κ2) is 2.65. The van der Waals surface area contributed by atoms with Crippen LogP contribution in [0.15, 0.2) is 27.5 Å². The molecule has 2 aromatic rings. The van der Waals surface area contributed by atoms with E-state index >= 15 is 0 Å². The maximum atomic E-state index is 11.2. The number of hydrogen-bond donors (Lipinski definition) is 1. The Balaban J connectivity index is 2.89. The van der Waals surface area contributed by atoms with Gasteiger partial charge in [-0.2, -0.15) is 0 Å². The topological polar surface area (TPSA) is 61.2 Å². The fourth-order valence-electron chi connectivity index (χ4n) is 1.36. The molecule has 0 amide bonds. The van der Waals surface area contributed by atoms with E-state index in [1.165, 1.54) is 4.74 Å². The Morgan fingerprint density at radius 1 is 1.54 bits per heavy atom. The van der Waals surface area contributed by atoms with E-state index in [9.17, 15) is 4.79 Å². The van der Waals surface area contributed by atoms with E-state index in [0.717, 1.165) is 5.52 Å².